The maximum absolute atomic E-state index is 10.1. The number of carboxylic acid groups (broad SMARTS) is 1. The Bertz CT molecular complexity index is 179. The van der Waals surface area contributed by atoms with Gasteiger partial charge in [-0.05, 0) is 12.3 Å². The fourth-order valence-electron chi connectivity index (χ4n) is 0.759. The summed E-state index contributed by atoms with van der Waals surface area (Å²) >= 11 is 0. The number of hydrogen-bond acceptors (Lipinski definition) is 2. The number of hydrogen-bond donors (Lipinski definition) is 2. The van der Waals surface area contributed by atoms with Gasteiger partial charge in [-0.2, -0.15) is 0 Å². The van der Waals surface area contributed by atoms with Crippen molar-refractivity contribution in [1.82, 2.24) is 5.32 Å². The van der Waals surface area contributed by atoms with E-state index in [-0.39, 0.29) is 11.8 Å². The molecule has 4 nitrogen and oxygen atoms in total. The first-order valence-electron chi connectivity index (χ1n) is 3.63. The summed E-state index contributed by atoms with van der Waals surface area (Å²) in [5, 5.41) is 10.6. The maximum atomic E-state index is 10.1. The minimum atomic E-state index is -0.685. The van der Waals surface area contributed by atoms with Crippen LogP contribution in [0.25, 0.3) is 0 Å². The number of aliphatic carboxylic acids is 1. The number of nitrogens with one attached hydrogen (secondary N) is 1. The third-order valence-electron chi connectivity index (χ3n) is 1.58. The molecule has 0 aromatic rings. The van der Waals surface area contributed by atoms with Gasteiger partial charge in [-0.1, -0.05) is 6.08 Å². The standard InChI is InChI=1S/C6H8O2.C2H5NO/c1-2-4-3-5(4)6(7)8;1-3-2-4/h2,4-5H,1,3H2,(H,7,8);2H,1H3,(H,3,4). The van der Waals surface area contributed by atoms with Gasteiger partial charge in [0.05, 0.1) is 5.92 Å². The Morgan fingerprint density at radius 3 is 2.33 bits per heavy atom. The third kappa shape index (κ3) is 3.75. The van der Waals surface area contributed by atoms with Crippen molar-refractivity contribution in [1.29, 1.82) is 0 Å². The van der Waals surface area contributed by atoms with Gasteiger partial charge in [-0.15, -0.1) is 6.58 Å². The summed E-state index contributed by atoms with van der Waals surface area (Å²) in [6, 6.07) is 0. The van der Waals surface area contributed by atoms with Crippen LogP contribution in [-0.4, -0.2) is 24.5 Å². The zero-order chi connectivity index (χ0) is 9.56. The first-order valence-corrected chi connectivity index (χ1v) is 3.63. The molecule has 0 aromatic carbocycles. The predicted molar refractivity (Wildman–Crippen MR) is 44.6 cm³/mol. The fourth-order valence-corrected chi connectivity index (χ4v) is 0.759. The molecule has 4 heteroatoms. The largest absolute Gasteiger partial charge is 0.481 e. The molecule has 68 valence electrons. The fraction of sp³-hybridized carbons (Fsp3) is 0.500. The van der Waals surface area contributed by atoms with E-state index >= 15 is 0 Å². The molecule has 1 aliphatic rings. The van der Waals surface area contributed by atoms with Crippen molar-refractivity contribution in [2.45, 2.75) is 6.42 Å². The lowest BCUT2D eigenvalue weighted by molar-refractivity contribution is -0.138. The first-order chi connectivity index (χ1) is 5.67. The molecule has 1 rings (SSSR count). The lowest BCUT2D eigenvalue weighted by Gasteiger charge is -1.81. The summed E-state index contributed by atoms with van der Waals surface area (Å²) in [6.45, 7) is 3.49. The lowest BCUT2D eigenvalue weighted by atomic mass is 10.3. The van der Waals surface area contributed by atoms with Gasteiger partial charge in [-0.3, -0.25) is 9.59 Å². The summed E-state index contributed by atoms with van der Waals surface area (Å²) in [5.41, 5.74) is 0. The van der Waals surface area contributed by atoms with Gasteiger partial charge in [0.1, 0.15) is 0 Å². The van der Waals surface area contributed by atoms with Crippen LogP contribution in [0.4, 0.5) is 0 Å². The van der Waals surface area contributed by atoms with E-state index in [0.29, 0.717) is 6.41 Å². The van der Waals surface area contributed by atoms with Crippen molar-refractivity contribution in [3.63, 3.8) is 0 Å². The molecule has 1 amide bonds. The zero-order valence-corrected chi connectivity index (χ0v) is 6.99. The Balaban J connectivity index is 0.000000261. The molecule has 2 atom stereocenters. The van der Waals surface area contributed by atoms with Gasteiger partial charge in [0.15, 0.2) is 0 Å². The molecule has 2 N–H and O–H groups in total. The highest BCUT2D eigenvalue weighted by molar-refractivity contribution is 5.73. The van der Waals surface area contributed by atoms with Gasteiger partial charge < -0.3 is 10.4 Å². The van der Waals surface area contributed by atoms with E-state index in [1.165, 1.54) is 0 Å². The SMILES string of the molecule is C=CC1CC1C(=O)O.CNC=O. The predicted octanol–water partition coefficient (Wildman–Crippen LogP) is 0.255. The normalized spacial score (nSPS) is 24.4. The topological polar surface area (TPSA) is 66.4 Å². The van der Waals surface area contributed by atoms with E-state index in [9.17, 15) is 4.79 Å². The van der Waals surface area contributed by atoms with Gasteiger partial charge in [-0.25, -0.2) is 0 Å². The van der Waals surface area contributed by atoms with Crippen LogP contribution < -0.4 is 5.32 Å². The molecule has 0 spiro atoms. The molecule has 0 aliphatic heterocycles. The number of carboxylic acids is 1. The summed E-state index contributed by atoms with van der Waals surface area (Å²) in [6.07, 6.45) is 3.12. The van der Waals surface area contributed by atoms with E-state index < -0.39 is 5.97 Å². The molecular weight excluding hydrogens is 158 g/mol. The van der Waals surface area contributed by atoms with Crippen LogP contribution in [-0.2, 0) is 9.59 Å². The van der Waals surface area contributed by atoms with Crippen molar-refractivity contribution in [3.8, 4) is 0 Å². The van der Waals surface area contributed by atoms with Crippen LogP contribution in [0.3, 0.4) is 0 Å². The van der Waals surface area contributed by atoms with Crippen molar-refractivity contribution < 1.29 is 14.7 Å². The van der Waals surface area contributed by atoms with Crippen LogP contribution in [0.1, 0.15) is 6.42 Å². The molecule has 1 fully saturated rings. The average Bonchev–Trinajstić information content (AvgIpc) is 2.83. The zero-order valence-electron chi connectivity index (χ0n) is 6.99. The van der Waals surface area contributed by atoms with E-state index in [2.05, 4.69) is 11.9 Å². The monoisotopic (exact) mass is 171 g/mol. The molecule has 0 aromatic heterocycles. The van der Waals surface area contributed by atoms with Crippen LogP contribution in [0, 0.1) is 11.8 Å². The first kappa shape index (κ1) is 10.7. The van der Waals surface area contributed by atoms with E-state index in [4.69, 9.17) is 9.90 Å². The molecule has 1 saturated carbocycles. The number of rotatable bonds is 3. The van der Waals surface area contributed by atoms with Gasteiger partial charge in [0, 0.05) is 7.05 Å². The van der Waals surface area contributed by atoms with Crippen molar-refractivity contribution in [3.05, 3.63) is 12.7 Å². The second-order valence-corrected chi connectivity index (χ2v) is 2.49. The van der Waals surface area contributed by atoms with E-state index in [1.54, 1.807) is 13.1 Å². The maximum Gasteiger partial charge on any atom is 0.307 e. The molecular formula is C8H13NO3. The molecule has 0 radical (unpaired) electrons. The molecule has 0 heterocycles. The Hall–Kier alpha value is -1.32. The number of allylic oxidation sites excluding steroid dienone is 1. The Morgan fingerprint density at radius 2 is 2.25 bits per heavy atom. The van der Waals surface area contributed by atoms with Crippen molar-refractivity contribution in [2.24, 2.45) is 11.8 Å². The van der Waals surface area contributed by atoms with E-state index in [1.807, 2.05) is 0 Å². The Labute approximate surface area is 71.3 Å². The average molecular weight is 171 g/mol. The van der Waals surface area contributed by atoms with E-state index in [0.717, 1.165) is 6.42 Å². The highest BCUT2D eigenvalue weighted by atomic mass is 16.4. The molecule has 0 saturated heterocycles. The van der Waals surface area contributed by atoms with Crippen molar-refractivity contribution >= 4 is 12.4 Å². The summed E-state index contributed by atoms with van der Waals surface area (Å²) in [4.78, 5) is 19.1. The number of carbonyl (C=O) groups is 2. The van der Waals surface area contributed by atoms with Crippen LogP contribution >= 0.6 is 0 Å². The Kier molecular flexibility index (Phi) is 4.76. The lowest BCUT2D eigenvalue weighted by Crippen LogP contribution is -1.98. The van der Waals surface area contributed by atoms with Gasteiger partial charge in [0.25, 0.3) is 0 Å². The molecule has 2 unspecified atom stereocenters. The highest BCUT2D eigenvalue weighted by Crippen LogP contribution is 2.38. The van der Waals surface area contributed by atoms with Crippen molar-refractivity contribution in [2.75, 3.05) is 7.05 Å². The van der Waals surface area contributed by atoms with Gasteiger partial charge in [0.2, 0.25) is 6.41 Å². The second-order valence-electron chi connectivity index (χ2n) is 2.49. The van der Waals surface area contributed by atoms with Crippen LogP contribution in [0.2, 0.25) is 0 Å². The quantitative estimate of drug-likeness (QED) is 0.472. The van der Waals surface area contributed by atoms with Crippen LogP contribution in [0.5, 0.6) is 0 Å². The second kappa shape index (κ2) is 5.35. The number of amides is 1. The summed E-state index contributed by atoms with van der Waals surface area (Å²) in [5.74, 6) is -0.546. The molecule has 0 bridgehead atoms. The number of carbonyl (C=O) groups excluding carboxylic acids is 1. The molecule has 12 heavy (non-hydrogen) atoms. The molecule has 1 aliphatic carbocycles. The smallest absolute Gasteiger partial charge is 0.307 e. The van der Waals surface area contributed by atoms with Crippen LogP contribution in [0.15, 0.2) is 12.7 Å². The third-order valence-corrected chi connectivity index (χ3v) is 1.58. The summed E-state index contributed by atoms with van der Waals surface area (Å²) < 4.78 is 0. The summed E-state index contributed by atoms with van der Waals surface area (Å²) in [7, 11) is 1.56. The minimum Gasteiger partial charge on any atom is -0.481 e. The highest BCUT2D eigenvalue weighted by Gasteiger charge is 2.40. The minimum absolute atomic E-state index is 0.118. The van der Waals surface area contributed by atoms with Gasteiger partial charge >= 0.3 is 5.97 Å². The Morgan fingerprint density at radius 1 is 1.75 bits per heavy atom.